The Bertz CT molecular complexity index is 261. The fraction of sp³-hybridized carbons (Fsp3) is 1.00. The average molecular weight is 268 g/mol. The number of ether oxygens (including phenoxy) is 1. The Morgan fingerprint density at radius 3 is 2.89 bits per heavy atom. The molecule has 0 aromatic rings. The van der Waals surface area contributed by atoms with Crippen molar-refractivity contribution < 1.29 is 4.74 Å². The molecule has 112 valence electrons. The molecule has 0 aromatic heterocycles. The van der Waals surface area contributed by atoms with E-state index in [0.717, 1.165) is 25.7 Å². The second kappa shape index (κ2) is 7.05. The van der Waals surface area contributed by atoms with Gasteiger partial charge in [-0.15, -0.1) is 0 Å². The number of rotatable bonds is 6. The summed E-state index contributed by atoms with van der Waals surface area (Å²) < 4.78 is 5.72. The Hall–Kier alpha value is -0.120. The molecule has 2 fully saturated rings. The molecule has 2 rings (SSSR count). The maximum atomic E-state index is 5.72. The number of hydrogen-bond acceptors (Lipinski definition) is 3. The maximum absolute atomic E-state index is 5.72. The van der Waals surface area contributed by atoms with Crippen molar-refractivity contribution in [1.82, 2.24) is 10.2 Å². The van der Waals surface area contributed by atoms with Crippen LogP contribution in [-0.4, -0.2) is 50.3 Å². The second-order valence-corrected chi connectivity index (χ2v) is 6.99. The summed E-state index contributed by atoms with van der Waals surface area (Å²) in [4.78, 5) is 2.70. The van der Waals surface area contributed by atoms with E-state index in [9.17, 15) is 0 Å². The van der Waals surface area contributed by atoms with Crippen molar-refractivity contribution in [3.05, 3.63) is 0 Å². The molecule has 2 aliphatic heterocycles. The van der Waals surface area contributed by atoms with E-state index in [4.69, 9.17) is 4.74 Å². The first kappa shape index (κ1) is 15.3. The Balaban J connectivity index is 1.88. The van der Waals surface area contributed by atoms with Crippen molar-refractivity contribution in [1.29, 1.82) is 0 Å². The molecule has 0 bridgehead atoms. The van der Waals surface area contributed by atoms with E-state index < -0.39 is 0 Å². The lowest BCUT2D eigenvalue weighted by Crippen LogP contribution is -2.48. The fourth-order valence-electron chi connectivity index (χ4n) is 3.49. The number of nitrogens with zero attached hydrogens (tertiary/aromatic N) is 1. The topological polar surface area (TPSA) is 24.5 Å². The molecular formula is C16H32N2O. The van der Waals surface area contributed by atoms with Gasteiger partial charge in [0.2, 0.25) is 0 Å². The van der Waals surface area contributed by atoms with Crippen LogP contribution in [-0.2, 0) is 4.74 Å². The van der Waals surface area contributed by atoms with Gasteiger partial charge in [-0.05, 0) is 31.7 Å². The van der Waals surface area contributed by atoms with Crippen molar-refractivity contribution in [2.45, 2.75) is 52.5 Å². The van der Waals surface area contributed by atoms with Crippen molar-refractivity contribution in [2.24, 2.45) is 11.3 Å². The van der Waals surface area contributed by atoms with Crippen LogP contribution < -0.4 is 5.32 Å². The van der Waals surface area contributed by atoms with Gasteiger partial charge < -0.3 is 15.0 Å². The first-order chi connectivity index (χ1) is 9.13. The van der Waals surface area contributed by atoms with Crippen LogP contribution in [0.2, 0.25) is 0 Å². The van der Waals surface area contributed by atoms with Crippen molar-refractivity contribution in [3.63, 3.8) is 0 Å². The van der Waals surface area contributed by atoms with E-state index in [1.807, 2.05) is 0 Å². The van der Waals surface area contributed by atoms with Crippen molar-refractivity contribution >= 4 is 0 Å². The molecule has 1 N–H and O–H groups in total. The highest BCUT2D eigenvalue weighted by atomic mass is 16.5. The highest BCUT2D eigenvalue weighted by Crippen LogP contribution is 2.31. The van der Waals surface area contributed by atoms with Crippen molar-refractivity contribution in [2.75, 3.05) is 39.4 Å². The molecule has 0 saturated carbocycles. The predicted octanol–water partition coefficient (Wildman–Crippen LogP) is 2.51. The molecule has 3 nitrogen and oxygen atoms in total. The molecule has 2 unspecified atom stereocenters. The van der Waals surface area contributed by atoms with Gasteiger partial charge in [0.05, 0.1) is 6.61 Å². The lowest BCUT2D eigenvalue weighted by atomic mass is 9.84. The lowest BCUT2D eigenvalue weighted by molar-refractivity contribution is 0.0805. The SMILES string of the molecule is CCC1CCCN(CC2(CNC(C)C)CCOC2)C1. The van der Waals surface area contributed by atoms with Crippen LogP contribution in [0.25, 0.3) is 0 Å². The number of piperidine rings is 1. The summed E-state index contributed by atoms with van der Waals surface area (Å²) in [5, 5.41) is 3.64. The summed E-state index contributed by atoms with van der Waals surface area (Å²) >= 11 is 0. The first-order valence-corrected chi connectivity index (χ1v) is 8.17. The van der Waals surface area contributed by atoms with Crippen molar-refractivity contribution in [3.8, 4) is 0 Å². The quantitative estimate of drug-likeness (QED) is 0.801. The highest BCUT2D eigenvalue weighted by molar-refractivity contribution is 4.90. The monoisotopic (exact) mass is 268 g/mol. The van der Waals surface area contributed by atoms with Gasteiger partial charge in [0.1, 0.15) is 0 Å². The van der Waals surface area contributed by atoms with E-state index in [1.165, 1.54) is 45.3 Å². The predicted molar refractivity (Wildman–Crippen MR) is 80.5 cm³/mol. The standard InChI is InChI=1S/C16H32N2O/c1-4-15-6-5-8-18(10-15)12-16(7-9-19-13-16)11-17-14(2)3/h14-15,17H,4-13H2,1-3H3. The Morgan fingerprint density at radius 2 is 2.26 bits per heavy atom. The van der Waals surface area contributed by atoms with Gasteiger partial charge in [-0.1, -0.05) is 27.2 Å². The molecule has 0 radical (unpaired) electrons. The summed E-state index contributed by atoms with van der Waals surface area (Å²) in [7, 11) is 0. The maximum Gasteiger partial charge on any atom is 0.0547 e. The van der Waals surface area contributed by atoms with Crippen LogP contribution in [0, 0.1) is 11.3 Å². The van der Waals surface area contributed by atoms with E-state index in [-0.39, 0.29) is 0 Å². The summed E-state index contributed by atoms with van der Waals surface area (Å²) in [5.41, 5.74) is 0.361. The summed E-state index contributed by atoms with van der Waals surface area (Å²) in [5.74, 6) is 0.922. The zero-order valence-corrected chi connectivity index (χ0v) is 13.1. The third-order valence-electron chi connectivity index (χ3n) is 4.81. The van der Waals surface area contributed by atoms with Crippen LogP contribution in [0.5, 0.6) is 0 Å². The van der Waals surface area contributed by atoms with E-state index >= 15 is 0 Å². The molecule has 2 aliphatic rings. The van der Waals surface area contributed by atoms with E-state index in [0.29, 0.717) is 11.5 Å². The second-order valence-electron chi connectivity index (χ2n) is 6.99. The molecular weight excluding hydrogens is 236 g/mol. The summed E-state index contributed by atoms with van der Waals surface area (Å²) in [6, 6.07) is 0.572. The van der Waals surface area contributed by atoms with Gasteiger partial charge in [0.25, 0.3) is 0 Å². The number of likely N-dealkylation sites (tertiary alicyclic amines) is 1. The largest absolute Gasteiger partial charge is 0.381 e. The van der Waals surface area contributed by atoms with Gasteiger partial charge in [0.15, 0.2) is 0 Å². The van der Waals surface area contributed by atoms with Crippen LogP contribution in [0.15, 0.2) is 0 Å². The number of hydrogen-bond donors (Lipinski definition) is 1. The minimum atomic E-state index is 0.361. The average Bonchev–Trinajstić information content (AvgIpc) is 2.86. The van der Waals surface area contributed by atoms with Crippen LogP contribution in [0.1, 0.15) is 46.5 Å². The Labute approximate surface area is 119 Å². The number of nitrogens with one attached hydrogen (secondary N) is 1. The molecule has 3 heteroatoms. The molecule has 0 aromatic carbocycles. The zero-order chi connectivity index (χ0) is 13.7. The third kappa shape index (κ3) is 4.44. The van der Waals surface area contributed by atoms with E-state index in [2.05, 4.69) is 31.0 Å². The van der Waals surface area contributed by atoms with Crippen LogP contribution >= 0.6 is 0 Å². The highest BCUT2D eigenvalue weighted by Gasteiger charge is 2.37. The first-order valence-electron chi connectivity index (χ1n) is 8.17. The van der Waals surface area contributed by atoms with Gasteiger partial charge >= 0.3 is 0 Å². The molecule has 0 spiro atoms. The zero-order valence-electron chi connectivity index (χ0n) is 13.1. The van der Waals surface area contributed by atoms with E-state index in [1.54, 1.807) is 0 Å². The minimum Gasteiger partial charge on any atom is -0.381 e. The van der Waals surface area contributed by atoms with Gasteiger partial charge in [-0.3, -0.25) is 0 Å². The van der Waals surface area contributed by atoms with Gasteiger partial charge in [-0.2, -0.15) is 0 Å². The Kier molecular flexibility index (Phi) is 5.67. The molecule has 0 aliphatic carbocycles. The molecule has 2 atom stereocenters. The van der Waals surface area contributed by atoms with Gasteiger partial charge in [0, 0.05) is 37.7 Å². The molecule has 19 heavy (non-hydrogen) atoms. The normalized spacial score (nSPS) is 33.2. The molecule has 2 saturated heterocycles. The summed E-state index contributed by atoms with van der Waals surface area (Å²) in [6.45, 7) is 13.6. The van der Waals surface area contributed by atoms with Crippen LogP contribution in [0.4, 0.5) is 0 Å². The Morgan fingerprint density at radius 1 is 1.42 bits per heavy atom. The van der Waals surface area contributed by atoms with Crippen LogP contribution in [0.3, 0.4) is 0 Å². The van der Waals surface area contributed by atoms with Gasteiger partial charge in [-0.25, -0.2) is 0 Å². The summed E-state index contributed by atoms with van der Waals surface area (Å²) in [6.07, 6.45) is 5.37. The fourth-order valence-corrected chi connectivity index (χ4v) is 3.49. The smallest absolute Gasteiger partial charge is 0.0547 e. The minimum absolute atomic E-state index is 0.361. The third-order valence-corrected chi connectivity index (χ3v) is 4.81. The molecule has 0 amide bonds. The lowest BCUT2D eigenvalue weighted by Gasteiger charge is -2.39. The molecule has 2 heterocycles.